The third-order valence-electron chi connectivity index (χ3n) is 14.8. The highest BCUT2D eigenvalue weighted by Crippen LogP contribution is 2.33. The SMILES string of the molecule is CC/C=C\C/C=C\C/C=C\C/C=C\C/C=C\C/C=C\C/C=C\C/C=C\C/C=C\C/C=C\C/C=C\C/C=C\CCCCCCC(=O)NC(COC1OC(CO)C(OC2OC(CO)C(OC3OC(CO)C(O)C(O)C3O)C(O)C2O)C(O)C1O)C(O)/C=C/CCC. The van der Waals surface area contributed by atoms with Gasteiger partial charge in [-0.05, 0) is 103 Å². The van der Waals surface area contributed by atoms with Gasteiger partial charge in [-0.25, -0.2) is 0 Å². The average Bonchev–Trinajstić information content (AvgIpc) is 1.74. The minimum Gasteiger partial charge on any atom is -0.394 e. The molecule has 3 saturated heterocycles. The summed E-state index contributed by atoms with van der Waals surface area (Å²) in [7, 11) is 0. The van der Waals surface area contributed by atoms with Crippen LogP contribution in [0.3, 0.4) is 0 Å². The Labute approximate surface area is 529 Å². The molecule has 89 heavy (non-hydrogen) atoms. The first-order valence-corrected chi connectivity index (χ1v) is 32.2. The van der Waals surface area contributed by atoms with Gasteiger partial charge >= 0.3 is 0 Å². The van der Waals surface area contributed by atoms with Crippen LogP contribution in [0.5, 0.6) is 0 Å². The molecule has 19 nitrogen and oxygen atoms in total. The summed E-state index contributed by atoms with van der Waals surface area (Å²) in [6.45, 7) is 1.30. The zero-order chi connectivity index (χ0) is 64.7. The van der Waals surface area contributed by atoms with E-state index in [1.165, 1.54) is 6.08 Å². The largest absolute Gasteiger partial charge is 0.394 e. The van der Waals surface area contributed by atoms with Crippen LogP contribution in [0.25, 0.3) is 0 Å². The number of amides is 1. The van der Waals surface area contributed by atoms with Crippen LogP contribution in [-0.2, 0) is 33.2 Å². The van der Waals surface area contributed by atoms with E-state index >= 15 is 0 Å². The lowest BCUT2D eigenvalue weighted by atomic mass is 9.96. The number of hydrogen-bond acceptors (Lipinski definition) is 18. The zero-order valence-corrected chi connectivity index (χ0v) is 52.6. The Hall–Kier alpha value is -4.59. The fraction of sp³-hybridized carbons (Fsp3) is 0.614. The normalized spacial score (nSPS) is 29.3. The Morgan fingerprint density at radius 3 is 1.18 bits per heavy atom. The molecule has 17 atom stereocenters. The van der Waals surface area contributed by atoms with Crippen LogP contribution in [0.2, 0.25) is 0 Å². The number of carbonyl (C=O) groups excluding carboxylic acids is 1. The number of ether oxygens (including phenoxy) is 6. The molecule has 3 heterocycles. The Kier molecular flexibility index (Phi) is 44.2. The third kappa shape index (κ3) is 32.5. The summed E-state index contributed by atoms with van der Waals surface area (Å²) in [4.78, 5) is 13.1. The summed E-state index contributed by atoms with van der Waals surface area (Å²) in [5.41, 5.74) is 0. The van der Waals surface area contributed by atoms with E-state index in [0.29, 0.717) is 12.8 Å². The second-order valence-electron chi connectivity index (χ2n) is 22.1. The highest BCUT2D eigenvalue weighted by atomic mass is 16.8. The van der Waals surface area contributed by atoms with Crippen molar-refractivity contribution < 1.29 is 89.4 Å². The lowest BCUT2D eigenvalue weighted by Gasteiger charge is -2.48. The van der Waals surface area contributed by atoms with Crippen molar-refractivity contribution in [3.63, 3.8) is 0 Å². The summed E-state index contributed by atoms with van der Waals surface area (Å²) < 4.78 is 33.9. The molecule has 0 aromatic rings. The fourth-order valence-corrected chi connectivity index (χ4v) is 9.59. The van der Waals surface area contributed by atoms with Gasteiger partial charge in [0, 0.05) is 6.42 Å². The Morgan fingerprint density at radius 2 is 0.775 bits per heavy atom. The predicted octanol–water partition coefficient (Wildman–Crippen LogP) is 7.37. The summed E-state index contributed by atoms with van der Waals surface area (Å²) >= 11 is 0. The van der Waals surface area contributed by atoms with Crippen LogP contribution in [0.1, 0.15) is 142 Å². The quantitative estimate of drug-likeness (QED) is 0.0209. The van der Waals surface area contributed by atoms with Crippen molar-refractivity contribution in [2.75, 3.05) is 26.4 Å². The van der Waals surface area contributed by atoms with Crippen LogP contribution < -0.4 is 5.32 Å². The van der Waals surface area contributed by atoms with E-state index in [1.54, 1.807) is 6.08 Å². The van der Waals surface area contributed by atoms with Crippen LogP contribution >= 0.6 is 0 Å². The first kappa shape index (κ1) is 78.7. The number of aliphatic hydroxyl groups is 11. The molecular formula is C70H109NO18. The van der Waals surface area contributed by atoms with Crippen molar-refractivity contribution in [1.82, 2.24) is 5.32 Å². The van der Waals surface area contributed by atoms with Crippen molar-refractivity contribution in [3.8, 4) is 0 Å². The van der Waals surface area contributed by atoms with Gasteiger partial charge in [-0.1, -0.05) is 191 Å². The molecule has 3 rings (SSSR count). The van der Waals surface area contributed by atoms with Crippen LogP contribution in [0, 0.1) is 0 Å². The topological polar surface area (TPSA) is 307 Å². The molecule has 19 heteroatoms. The number of carbonyl (C=O) groups is 1. The van der Waals surface area contributed by atoms with Crippen LogP contribution in [0.4, 0.5) is 0 Å². The van der Waals surface area contributed by atoms with E-state index in [4.69, 9.17) is 28.4 Å². The molecule has 17 unspecified atom stereocenters. The number of aliphatic hydroxyl groups excluding tert-OH is 11. The van der Waals surface area contributed by atoms with Gasteiger partial charge in [0.05, 0.1) is 38.6 Å². The lowest BCUT2D eigenvalue weighted by molar-refractivity contribution is -0.379. The standard InChI is InChI=1S/C70H109NO18/c1-3-5-7-8-9-10-11-12-13-14-15-16-17-18-19-20-21-22-23-24-25-26-27-28-29-30-31-32-33-34-35-36-37-38-39-40-41-42-43-44-46-48-58(76)71-53(54(75)47-45-6-4-2)52-84-68-64(82)61(79)66(56(50-73)86-68)89-70-65(83)62(80)67(57(51-74)87-70)88-69-63(81)60(78)59(77)55(49-72)85-69/h5,7,9-10,12-13,15-16,18-19,21-22,24-25,27-28,30-31,33-34,36-37,39-40,45,47,53-57,59-70,72-75,77-83H,3-4,6,8,11,14,17,20,23,26,29,32,35,38,41-44,46,48-52H2,1-2H3,(H,71,76)/b7-5-,10-9-,13-12-,16-15-,19-18-,22-21-,25-24-,28-27-,31-30-,34-33-,37-36-,40-39-,47-45+. The van der Waals surface area contributed by atoms with E-state index in [1.807, 2.05) is 6.92 Å². The molecule has 3 aliphatic rings. The van der Waals surface area contributed by atoms with Crippen molar-refractivity contribution in [2.24, 2.45) is 0 Å². The van der Waals surface area contributed by atoms with Crippen molar-refractivity contribution >= 4 is 5.91 Å². The van der Waals surface area contributed by atoms with E-state index in [-0.39, 0.29) is 18.9 Å². The maximum Gasteiger partial charge on any atom is 0.220 e. The molecule has 0 radical (unpaired) electrons. The number of allylic oxidation sites excluding steroid dienone is 25. The molecule has 0 spiro atoms. The maximum absolute atomic E-state index is 13.1. The summed E-state index contributed by atoms with van der Waals surface area (Å²) in [6.07, 6.45) is 46.7. The number of rotatable bonds is 45. The highest BCUT2D eigenvalue weighted by Gasteiger charge is 2.53. The summed E-state index contributed by atoms with van der Waals surface area (Å²) in [6, 6.07) is -0.994. The second-order valence-corrected chi connectivity index (χ2v) is 22.1. The van der Waals surface area contributed by atoms with E-state index in [0.717, 1.165) is 109 Å². The predicted molar refractivity (Wildman–Crippen MR) is 345 cm³/mol. The van der Waals surface area contributed by atoms with Gasteiger partial charge in [-0.2, -0.15) is 0 Å². The molecule has 12 N–H and O–H groups in total. The molecule has 0 aliphatic carbocycles. The zero-order valence-electron chi connectivity index (χ0n) is 52.6. The minimum atomic E-state index is -1.99. The van der Waals surface area contributed by atoms with Gasteiger partial charge in [0.1, 0.15) is 73.2 Å². The first-order valence-electron chi connectivity index (χ1n) is 32.2. The molecular weight excluding hydrogens is 1140 g/mol. The average molecular weight is 1250 g/mol. The van der Waals surface area contributed by atoms with Crippen LogP contribution in [-0.4, -0.2) is 193 Å². The minimum absolute atomic E-state index is 0.199. The van der Waals surface area contributed by atoms with Crippen molar-refractivity contribution in [1.29, 1.82) is 0 Å². The van der Waals surface area contributed by atoms with E-state index < -0.39 is 124 Å². The Balaban J connectivity index is 1.26. The molecule has 0 aromatic carbocycles. The highest BCUT2D eigenvalue weighted by molar-refractivity contribution is 5.76. The molecule has 0 aromatic heterocycles. The second kappa shape index (κ2) is 50.0. The number of nitrogens with one attached hydrogen (secondary N) is 1. The van der Waals surface area contributed by atoms with Gasteiger partial charge in [-0.3, -0.25) is 4.79 Å². The smallest absolute Gasteiger partial charge is 0.220 e. The monoisotopic (exact) mass is 1250 g/mol. The Bertz CT molecular complexity index is 2230. The van der Waals surface area contributed by atoms with Gasteiger partial charge in [0.25, 0.3) is 0 Å². The van der Waals surface area contributed by atoms with Gasteiger partial charge in [0.2, 0.25) is 5.91 Å². The molecule has 0 saturated carbocycles. The van der Waals surface area contributed by atoms with Gasteiger partial charge < -0.3 is 89.9 Å². The third-order valence-corrected chi connectivity index (χ3v) is 14.8. The van der Waals surface area contributed by atoms with Gasteiger partial charge in [-0.15, -0.1) is 0 Å². The molecule has 1 amide bonds. The van der Waals surface area contributed by atoms with Crippen molar-refractivity contribution in [3.05, 3.63) is 158 Å². The number of unbranched alkanes of at least 4 members (excludes halogenated alkanes) is 5. The number of hydrogen-bond donors (Lipinski definition) is 12. The molecule has 502 valence electrons. The Morgan fingerprint density at radius 1 is 0.416 bits per heavy atom. The molecule has 3 aliphatic heterocycles. The van der Waals surface area contributed by atoms with Crippen LogP contribution in [0.15, 0.2) is 158 Å². The van der Waals surface area contributed by atoms with Crippen molar-refractivity contribution in [2.45, 2.75) is 247 Å². The van der Waals surface area contributed by atoms with Gasteiger partial charge in [0.15, 0.2) is 18.9 Å². The van der Waals surface area contributed by atoms with E-state index in [9.17, 15) is 61.0 Å². The fourth-order valence-electron chi connectivity index (χ4n) is 9.59. The first-order chi connectivity index (χ1) is 43.3. The summed E-state index contributed by atoms with van der Waals surface area (Å²) in [5, 5.41) is 119. The summed E-state index contributed by atoms with van der Waals surface area (Å²) in [5.74, 6) is -0.321. The molecule has 0 bridgehead atoms. The lowest BCUT2D eigenvalue weighted by Crippen LogP contribution is -2.66. The van der Waals surface area contributed by atoms with E-state index in [2.05, 4.69) is 158 Å². The molecule has 3 fully saturated rings. The maximum atomic E-state index is 13.1.